The van der Waals surface area contributed by atoms with Crippen LogP contribution in [0.25, 0.3) is 0 Å². The predicted molar refractivity (Wildman–Crippen MR) is 41.5 cm³/mol. The van der Waals surface area contributed by atoms with Crippen molar-refractivity contribution in [1.29, 1.82) is 0 Å². The summed E-state index contributed by atoms with van der Waals surface area (Å²) in [4.78, 5) is 11.6. The van der Waals surface area contributed by atoms with Crippen LogP contribution in [0.15, 0.2) is 11.0 Å². The van der Waals surface area contributed by atoms with E-state index in [0.29, 0.717) is 0 Å². The normalized spacial score (nSPS) is 11.2. The Bertz CT molecular complexity index is 131. The van der Waals surface area contributed by atoms with E-state index in [-0.39, 0.29) is 5.24 Å². The van der Waals surface area contributed by atoms with Gasteiger partial charge in [0, 0.05) is 7.05 Å². The maximum atomic E-state index is 10.6. The van der Waals surface area contributed by atoms with Crippen LogP contribution in [0.2, 0.25) is 0 Å². The zero-order valence-electron chi connectivity index (χ0n) is 5.89. The van der Waals surface area contributed by atoms with Crippen LogP contribution >= 0.6 is 11.8 Å². The van der Waals surface area contributed by atoms with Crippen molar-refractivity contribution in [3.63, 3.8) is 0 Å². The molecular formula is C6H11NOS. The van der Waals surface area contributed by atoms with Gasteiger partial charge in [-0.2, -0.15) is 0 Å². The molecule has 0 unspecified atom stereocenters. The van der Waals surface area contributed by atoms with Crippen LogP contribution in [0.4, 0.5) is 4.79 Å². The molecule has 0 rings (SSSR count). The molecule has 52 valence electrons. The first-order chi connectivity index (χ1) is 4.20. The molecule has 9 heavy (non-hydrogen) atoms. The second-order valence-corrected chi connectivity index (χ2v) is 2.76. The van der Waals surface area contributed by atoms with E-state index in [9.17, 15) is 4.79 Å². The summed E-state index contributed by atoms with van der Waals surface area (Å²) in [6.07, 6.45) is 1.90. The number of carbonyl (C=O) groups excluding carboxylic acids is 1. The van der Waals surface area contributed by atoms with Gasteiger partial charge >= 0.3 is 0 Å². The van der Waals surface area contributed by atoms with Crippen LogP contribution in [0.5, 0.6) is 0 Å². The van der Waals surface area contributed by atoms with E-state index in [0.717, 1.165) is 4.91 Å². The number of hydrogen-bond acceptors (Lipinski definition) is 2. The van der Waals surface area contributed by atoms with Crippen molar-refractivity contribution in [2.24, 2.45) is 0 Å². The Balaban J connectivity index is 3.60. The third kappa shape index (κ3) is 4.09. The number of allylic oxidation sites excluding steroid dienone is 2. The Morgan fingerprint density at radius 1 is 1.67 bits per heavy atom. The van der Waals surface area contributed by atoms with E-state index in [1.54, 1.807) is 7.05 Å². The SMILES string of the molecule is CC=C(C)SC(=O)NC. The van der Waals surface area contributed by atoms with E-state index in [1.807, 2.05) is 19.9 Å². The van der Waals surface area contributed by atoms with Crippen molar-refractivity contribution in [2.75, 3.05) is 7.05 Å². The molecule has 0 aliphatic heterocycles. The molecule has 0 saturated carbocycles. The standard InChI is InChI=1S/C6H11NOS/c1-4-5(2)9-6(8)7-3/h4H,1-3H3,(H,7,8). The lowest BCUT2D eigenvalue weighted by atomic mass is 10.6. The van der Waals surface area contributed by atoms with Gasteiger partial charge in [-0.05, 0) is 30.5 Å². The molecule has 0 aliphatic carbocycles. The van der Waals surface area contributed by atoms with Crippen molar-refractivity contribution in [1.82, 2.24) is 5.32 Å². The van der Waals surface area contributed by atoms with Crippen LogP contribution in [0.3, 0.4) is 0 Å². The second-order valence-electron chi connectivity index (χ2n) is 1.54. The lowest BCUT2D eigenvalue weighted by Crippen LogP contribution is -2.10. The minimum absolute atomic E-state index is 0.00870. The van der Waals surface area contributed by atoms with E-state index in [1.165, 1.54) is 11.8 Å². The third-order valence-corrected chi connectivity index (χ3v) is 1.81. The van der Waals surface area contributed by atoms with E-state index in [2.05, 4.69) is 5.32 Å². The van der Waals surface area contributed by atoms with Gasteiger partial charge in [-0.1, -0.05) is 6.08 Å². The van der Waals surface area contributed by atoms with Gasteiger partial charge in [-0.15, -0.1) is 0 Å². The van der Waals surface area contributed by atoms with E-state index < -0.39 is 0 Å². The highest BCUT2D eigenvalue weighted by Gasteiger charge is 1.96. The van der Waals surface area contributed by atoms with Gasteiger partial charge in [0.15, 0.2) is 0 Å². The van der Waals surface area contributed by atoms with Crippen LogP contribution in [-0.4, -0.2) is 12.3 Å². The molecule has 2 nitrogen and oxygen atoms in total. The molecule has 0 saturated heterocycles. The van der Waals surface area contributed by atoms with Crippen LogP contribution < -0.4 is 5.32 Å². The number of carbonyl (C=O) groups is 1. The monoisotopic (exact) mass is 145 g/mol. The molecule has 3 heteroatoms. The van der Waals surface area contributed by atoms with Crippen LogP contribution in [0.1, 0.15) is 13.8 Å². The number of nitrogens with one attached hydrogen (secondary N) is 1. The Morgan fingerprint density at radius 3 is 2.56 bits per heavy atom. The molecule has 0 atom stereocenters. The number of rotatable bonds is 1. The Labute approximate surface area is 59.7 Å². The lowest BCUT2D eigenvalue weighted by Gasteiger charge is -1.95. The maximum Gasteiger partial charge on any atom is 0.283 e. The largest absolute Gasteiger partial charge is 0.350 e. The van der Waals surface area contributed by atoms with Gasteiger partial charge in [0.25, 0.3) is 5.24 Å². The van der Waals surface area contributed by atoms with Crippen molar-refractivity contribution >= 4 is 17.0 Å². The topological polar surface area (TPSA) is 29.1 Å². The molecule has 0 spiro atoms. The summed E-state index contributed by atoms with van der Waals surface area (Å²) in [5, 5.41) is 2.50. The van der Waals surface area contributed by atoms with Gasteiger partial charge in [-0.25, -0.2) is 0 Å². The first kappa shape index (κ1) is 8.56. The molecular weight excluding hydrogens is 134 g/mol. The average molecular weight is 145 g/mol. The summed E-state index contributed by atoms with van der Waals surface area (Å²) in [5.74, 6) is 0. The summed E-state index contributed by atoms with van der Waals surface area (Å²) in [5.41, 5.74) is 0. The minimum Gasteiger partial charge on any atom is -0.350 e. The average Bonchev–Trinajstić information content (AvgIpc) is 1.87. The quantitative estimate of drug-likeness (QED) is 0.611. The molecule has 1 amide bonds. The summed E-state index contributed by atoms with van der Waals surface area (Å²) in [7, 11) is 1.62. The highest BCUT2D eigenvalue weighted by atomic mass is 32.2. The molecule has 0 fully saturated rings. The minimum atomic E-state index is -0.00870. The summed E-state index contributed by atoms with van der Waals surface area (Å²) < 4.78 is 0. The van der Waals surface area contributed by atoms with Crippen molar-refractivity contribution in [3.8, 4) is 0 Å². The van der Waals surface area contributed by atoms with Gasteiger partial charge in [-0.3, -0.25) is 4.79 Å². The zero-order chi connectivity index (χ0) is 7.28. The molecule has 0 radical (unpaired) electrons. The fraction of sp³-hybridized carbons (Fsp3) is 0.500. The summed E-state index contributed by atoms with van der Waals surface area (Å²) in [6, 6.07) is 0. The first-order valence-electron chi connectivity index (χ1n) is 2.73. The van der Waals surface area contributed by atoms with Crippen LogP contribution in [0, 0.1) is 0 Å². The summed E-state index contributed by atoms with van der Waals surface area (Å²) >= 11 is 1.21. The van der Waals surface area contributed by atoms with E-state index in [4.69, 9.17) is 0 Å². The molecule has 0 aromatic carbocycles. The number of amides is 1. The van der Waals surface area contributed by atoms with Gasteiger partial charge < -0.3 is 5.32 Å². The van der Waals surface area contributed by atoms with Crippen LogP contribution in [-0.2, 0) is 0 Å². The zero-order valence-corrected chi connectivity index (χ0v) is 6.71. The van der Waals surface area contributed by atoms with Crippen molar-refractivity contribution < 1.29 is 4.79 Å². The fourth-order valence-corrected chi connectivity index (χ4v) is 0.769. The highest BCUT2D eigenvalue weighted by Crippen LogP contribution is 2.13. The maximum absolute atomic E-state index is 10.6. The van der Waals surface area contributed by atoms with E-state index >= 15 is 0 Å². The number of hydrogen-bond donors (Lipinski definition) is 1. The predicted octanol–water partition coefficient (Wildman–Crippen LogP) is 1.98. The van der Waals surface area contributed by atoms with Gasteiger partial charge in [0.2, 0.25) is 0 Å². The third-order valence-electron chi connectivity index (χ3n) is 0.864. The first-order valence-corrected chi connectivity index (χ1v) is 3.54. The lowest BCUT2D eigenvalue weighted by molar-refractivity contribution is 0.262. The molecule has 0 aliphatic rings. The Hall–Kier alpha value is -0.440. The van der Waals surface area contributed by atoms with Gasteiger partial charge in [0.1, 0.15) is 0 Å². The Kier molecular flexibility index (Phi) is 4.22. The van der Waals surface area contributed by atoms with Crippen molar-refractivity contribution in [3.05, 3.63) is 11.0 Å². The number of thioether (sulfide) groups is 1. The molecule has 1 N–H and O–H groups in total. The van der Waals surface area contributed by atoms with Gasteiger partial charge in [0.05, 0.1) is 0 Å². The molecule has 0 bridgehead atoms. The molecule has 0 aromatic rings. The molecule has 0 heterocycles. The highest BCUT2D eigenvalue weighted by molar-refractivity contribution is 8.16. The molecule has 0 aromatic heterocycles. The summed E-state index contributed by atoms with van der Waals surface area (Å²) in [6.45, 7) is 3.81. The second kappa shape index (κ2) is 4.44. The van der Waals surface area contributed by atoms with Crippen molar-refractivity contribution in [2.45, 2.75) is 13.8 Å². The fourth-order valence-electron chi connectivity index (χ4n) is 0.256. The smallest absolute Gasteiger partial charge is 0.283 e. The Morgan fingerprint density at radius 2 is 2.22 bits per heavy atom.